The van der Waals surface area contributed by atoms with Crippen molar-refractivity contribution >= 4 is 18.1 Å². The Morgan fingerprint density at radius 2 is 1.12 bits per heavy atom. The van der Waals surface area contributed by atoms with Crippen molar-refractivity contribution in [1.29, 1.82) is 0 Å². The highest BCUT2D eigenvalue weighted by Crippen LogP contribution is 2.26. The first-order chi connectivity index (χ1) is 8.35. The van der Waals surface area contributed by atoms with E-state index in [2.05, 4.69) is 61.8 Å². The molecule has 0 amide bonds. The third-order valence-corrected chi connectivity index (χ3v) is 8.94. The van der Waals surface area contributed by atoms with Crippen LogP contribution in [0.25, 0.3) is 0 Å². The van der Waals surface area contributed by atoms with Crippen LogP contribution < -0.4 is 0 Å². The fraction of sp³-hybridized carbons (Fsp3) is 0.143. The van der Waals surface area contributed by atoms with Gasteiger partial charge in [-0.15, -0.1) is 13.2 Å². The minimum Gasteiger partial charge on any atom is -0.452 e. The van der Waals surface area contributed by atoms with Crippen molar-refractivity contribution in [3.05, 3.63) is 73.2 Å². The van der Waals surface area contributed by atoms with Crippen LogP contribution in [0, 0.1) is 0 Å². The molecule has 0 saturated carbocycles. The second-order valence-corrected chi connectivity index (χ2v) is 9.66. The van der Waals surface area contributed by atoms with Crippen LogP contribution in [-0.2, 0) is 4.12 Å². The predicted molar refractivity (Wildman–Crippen MR) is 79.8 cm³/mol. The van der Waals surface area contributed by atoms with Crippen molar-refractivity contribution in [1.82, 2.24) is 0 Å². The standard InChI is InChI=1S/C14H18OSi2/c1-3-16(13-9-5-6-10-13)15-17(4-2)14-11-7-8-12-14/h3-14,16-17H,1-2H2. The molecule has 2 rings (SSSR count). The van der Waals surface area contributed by atoms with Crippen molar-refractivity contribution in [2.75, 3.05) is 0 Å². The van der Waals surface area contributed by atoms with E-state index in [-0.39, 0.29) is 0 Å². The quantitative estimate of drug-likeness (QED) is 0.666. The lowest BCUT2D eigenvalue weighted by molar-refractivity contribution is 0.595. The Labute approximate surface area is 107 Å². The lowest BCUT2D eigenvalue weighted by Gasteiger charge is -2.24. The Kier molecular flexibility index (Phi) is 4.31. The summed E-state index contributed by atoms with van der Waals surface area (Å²) in [5.74, 6) is 0. The van der Waals surface area contributed by atoms with Crippen LogP contribution >= 0.6 is 0 Å². The van der Waals surface area contributed by atoms with Crippen LogP contribution in [0.5, 0.6) is 0 Å². The summed E-state index contributed by atoms with van der Waals surface area (Å²) in [5.41, 5.74) is 5.02. The van der Waals surface area contributed by atoms with E-state index < -0.39 is 18.1 Å². The summed E-state index contributed by atoms with van der Waals surface area (Å²) in [7, 11) is -2.77. The molecule has 0 heterocycles. The molecule has 2 aliphatic carbocycles. The van der Waals surface area contributed by atoms with Gasteiger partial charge in [0, 0.05) is 11.1 Å². The third-order valence-electron chi connectivity index (χ3n) is 3.09. The third kappa shape index (κ3) is 2.94. The number of allylic oxidation sites excluding steroid dienone is 8. The van der Waals surface area contributed by atoms with Crippen LogP contribution in [0.15, 0.2) is 73.2 Å². The van der Waals surface area contributed by atoms with Crippen LogP contribution in [0.4, 0.5) is 0 Å². The first-order valence-corrected chi connectivity index (χ1v) is 9.56. The first-order valence-electron chi connectivity index (χ1n) is 5.95. The minimum atomic E-state index is -1.38. The van der Waals surface area contributed by atoms with Gasteiger partial charge in [-0.05, 0) is 0 Å². The Balaban J connectivity index is 2.00. The van der Waals surface area contributed by atoms with E-state index in [1.54, 1.807) is 0 Å². The van der Waals surface area contributed by atoms with E-state index in [9.17, 15) is 0 Å². The average Bonchev–Trinajstić information content (AvgIpc) is 3.03. The Morgan fingerprint density at radius 1 is 0.765 bits per heavy atom. The fourth-order valence-electron chi connectivity index (χ4n) is 2.12. The first kappa shape index (κ1) is 12.3. The zero-order valence-electron chi connectivity index (χ0n) is 9.91. The number of hydrogen-bond donors (Lipinski definition) is 0. The lowest BCUT2D eigenvalue weighted by atomic mass is 10.5. The molecule has 0 aromatic carbocycles. The molecular formula is C14H18OSi2. The van der Waals surface area contributed by atoms with Gasteiger partial charge in [-0.3, -0.25) is 0 Å². The predicted octanol–water partition coefficient (Wildman–Crippen LogP) is 2.89. The second kappa shape index (κ2) is 5.95. The summed E-state index contributed by atoms with van der Waals surface area (Å²) in [5, 5.41) is 0. The zero-order chi connectivity index (χ0) is 12.1. The maximum atomic E-state index is 6.35. The summed E-state index contributed by atoms with van der Waals surface area (Å²) < 4.78 is 6.35. The molecule has 2 aliphatic rings. The van der Waals surface area contributed by atoms with Gasteiger partial charge < -0.3 is 4.12 Å². The van der Waals surface area contributed by atoms with Crippen LogP contribution in [0.2, 0.25) is 11.1 Å². The summed E-state index contributed by atoms with van der Waals surface area (Å²) in [6.45, 7) is 7.88. The van der Waals surface area contributed by atoms with E-state index in [0.717, 1.165) is 0 Å². The minimum absolute atomic E-state index is 0.469. The van der Waals surface area contributed by atoms with Gasteiger partial charge in [-0.1, -0.05) is 60.0 Å². The normalized spacial score (nSPS) is 22.1. The molecule has 3 heteroatoms. The van der Waals surface area contributed by atoms with Crippen molar-refractivity contribution in [2.24, 2.45) is 0 Å². The highest BCUT2D eigenvalue weighted by atomic mass is 28.4. The molecule has 0 radical (unpaired) electrons. The zero-order valence-corrected chi connectivity index (χ0v) is 12.2. The molecule has 0 spiro atoms. The van der Waals surface area contributed by atoms with Gasteiger partial charge in [0.1, 0.15) is 0 Å². The van der Waals surface area contributed by atoms with E-state index >= 15 is 0 Å². The Morgan fingerprint density at radius 3 is 1.41 bits per heavy atom. The molecule has 0 fully saturated rings. The monoisotopic (exact) mass is 258 g/mol. The largest absolute Gasteiger partial charge is 0.452 e. The van der Waals surface area contributed by atoms with Gasteiger partial charge in [-0.2, -0.15) is 0 Å². The molecule has 1 nitrogen and oxygen atoms in total. The smallest absolute Gasteiger partial charge is 0.198 e. The molecule has 0 aliphatic heterocycles. The van der Waals surface area contributed by atoms with E-state index in [4.69, 9.17) is 4.12 Å². The summed E-state index contributed by atoms with van der Waals surface area (Å²) in [6, 6.07) is 0. The molecule has 17 heavy (non-hydrogen) atoms. The van der Waals surface area contributed by atoms with Gasteiger partial charge in [-0.25, -0.2) is 0 Å². The molecule has 0 N–H and O–H groups in total. The van der Waals surface area contributed by atoms with Gasteiger partial charge in [0.05, 0.1) is 0 Å². The summed E-state index contributed by atoms with van der Waals surface area (Å²) in [6.07, 6.45) is 17.2. The van der Waals surface area contributed by atoms with Crippen molar-refractivity contribution in [3.63, 3.8) is 0 Å². The molecular weight excluding hydrogens is 240 g/mol. The molecule has 88 valence electrons. The van der Waals surface area contributed by atoms with Crippen molar-refractivity contribution < 1.29 is 4.12 Å². The van der Waals surface area contributed by atoms with Gasteiger partial charge >= 0.3 is 0 Å². The van der Waals surface area contributed by atoms with E-state index in [1.165, 1.54) is 0 Å². The highest BCUT2D eigenvalue weighted by Gasteiger charge is 2.25. The second-order valence-electron chi connectivity index (χ2n) is 4.23. The SMILES string of the molecule is C=C[SiH](O[SiH](C=C)C1C=CC=C1)C1C=CC=C1. The molecule has 2 atom stereocenters. The van der Waals surface area contributed by atoms with Crippen molar-refractivity contribution in [2.45, 2.75) is 11.1 Å². The van der Waals surface area contributed by atoms with E-state index in [1.807, 2.05) is 11.4 Å². The number of hydrogen-bond acceptors (Lipinski definition) is 1. The maximum absolute atomic E-state index is 6.35. The highest BCUT2D eigenvalue weighted by molar-refractivity contribution is 6.74. The maximum Gasteiger partial charge on any atom is 0.198 e. The molecule has 0 aromatic rings. The van der Waals surface area contributed by atoms with Gasteiger partial charge in [0.15, 0.2) is 18.1 Å². The van der Waals surface area contributed by atoms with Crippen LogP contribution in [0.3, 0.4) is 0 Å². The van der Waals surface area contributed by atoms with Crippen molar-refractivity contribution in [3.8, 4) is 0 Å². The fourth-order valence-corrected chi connectivity index (χ4v) is 7.93. The van der Waals surface area contributed by atoms with Crippen LogP contribution in [-0.4, -0.2) is 18.1 Å². The lowest BCUT2D eigenvalue weighted by Crippen LogP contribution is -2.31. The molecule has 0 aromatic heterocycles. The Hall–Kier alpha value is -1.17. The molecule has 0 saturated heterocycles. The molecule has 0 bridgehead atoms. The number of rotatable bonds is 6. The Bertz CT molecular complexity index is 344. The average molecular weight is 258 g/mol. The van der Waals surface area contributed by atoms with Crippen LogP contribution in [0.1, 0.15) is 0 Å². The van der Waals surface area contributed by atoms with E-state index in [0.29, 0.717) is 11.1 Å². The van der Waals surface area contributed by atoms with Gasteiger partial charge in [0.2, 0.25) is 0 Å². The topological polar surface area (TPSA) is 9.23 Å². The summed E-state index contributed by atoms with van der Waals surface area (Å²) >= 11 is 0. The van der Waals surface area contributed by atoms with Gasteiger partial charge in [0.25, 0.3) is 0 Å². The molecule has 2 unspecified atom stereocenters. The summed E-state index contributed by atoms with van der Waals surface area (Å²) in [4.78, 5) is 0.